The zero-order chi connectivity index (χ0) is 15.9. The lowest BCUT2D eigenvalue weighted by atomic mass is 10.0. The summed E-state index contributed by atoms with van der Waals surface area (Å²) in [5.41, 5.74) is 6.29. The number of primary amides is 1. The van der Waals surface area contributed by atoms with Gasteiger partial charge in [0, 0.05) is 12.8 Å². The van der Waals surface area contributed by atoms with Crippen molar-refractivity contribution in [3.8, 4) is 5.75 Å². The van der Waals surface area contributed by atoms with Gasteiger partial charge < -0.3 is 15.8 Å². The lowest BCUT2D eigenvalue weighted by Crippen LogP contribution is -2.46. The fourth-order valence-electron chi connectivity index (χ4n) is 3.04. The van der Waals surface area contributed by atoms with Crippen molar-refractivity contribution in [2.75, 3.05) is 7.11 Å². The molecule has 22 heavy (non-hydrogen) atoms. The van der Waals surface area contributed by atoms with Crippen LogP contribution < -0.4 is 15.8 Å². The van der Waals surface area contributed by atoms with Crippen molar-refractivity contribution in [2.24, 2.45) is 11.7 Å². The van der Waals surface area contributed by atoms with E-state index in [1.807, 2.05) is 24.3 Å². The van der Waals surface area contributed by atoms with Crippen molar-refractivity contribution in [3.63, 3.8) is 0 Å². The van der Waals surface area contributed by atoms with Crippen molar-refractivity contribution >= 4 is 11.8 Å². The zero-order valence-corrected chi connectivity index (χ0v) is 13.0. The predicted octanol–water partition coefficient (Wildman–Crippen LogP) is 1.79. The number of rotatable bonds is 7. The molecule has 0 aromatic heterocycles. The highest BCUT2D eigenvalue weighted by Gasteiger charge is 2.23. The smallest absolute Gasteiger partial charge is 0.240 e. The zero-order valence-electron chi connectivity index (χ0n) is 13.0. The van der Waals surface area contributed by atoms with Gasteiger partial charge in [-0.15, -0.1) is 0 Å². The Morgan fingerprint density at radius 1 is 1.32 bits per heavy atom. The van der Waals surface area contributed by atoms with Crippen LogP contribution in [-0.2, 0) is 16.0 Å². The molecule has 1 aliphatic rings. The molecule has 2 rings (SSSR count). The van der Waals surface area contributed by atoms with Crippen LogP contribution in [0.25, 0.3) is 0 Å². The largest absolute Gasteiger partial charge is 0.496 e. The van der Waals surface area contributed by atoms with Crippen molar-refractivity contribution in [1.82, 2.24) is 5.32 Å². The van der Waals surface area contributed by atoms with Gasteiger partial charge in [0.05, 0.1) is 7.11 Å². The molecule has 0 aliphatic heterocycles. The van der Waals surface area contributed by atoms with E-state index >= 15 is 0 Å². The molecule has 3 N–H and O–H groups in total. The Balaban J connectivity index is 1.97. The average molecular weight is 304 g/mol. The standard InChI is InChI=1S/C17H24N2O3/c1-22-15-9-5-4-8-13(15)11-14(17(18)21)19-16(20)10-12-6-2-3-7-12/h4-5,8-9,12,14H,2-3,6-7,10-11H2,1H3,(H2,18,21)(H,19,20)/t14-/m0/s1. The average Bonchev–Trinajstić information content (AvgIpc) is 2.99. The first-order chi connectivity index (χ1) is 10.6. The van der Waals surface area contributed by atoms with Crippen LogP contribution in [-0.4, -0.2) is 25.0 Å². The minimum Gasteiger partial charge on any atom is -0.496 e. The third-order valence-corrected chi connectivity index (χ3v) is 4.24. The molecule has 0 radical (unpaired) electrons. The second kappa shape index (κ2) is 7.82. The molecule has 0 spiro atoms. The van der Waals surface area contributed by atoms with E-state index in [9.17, 15) is 9.59 Å². The molecule has 0 bridgehead atoms. The molecule has 1 saturated carbocycles. The molecule has 1 aromatic rings. The van der Waals surface area contributed by atoms with Crippen molar-refractivity contribution in [2.45, 2.75) is 44.6 Å². The van der Waals surface area contributed by atoms with E-state index in [0.29, 0.717) is 24.5 Å². The Kier molecular flexibility index (Phi) is 5.81. The molecule has 1 aliphatic carbocycles. The summed E-state index contributed by atoms with van der Waals surface area (Å²) in [4.78, 5) is 23.8. The quantitative estimate of drug-likeness (QED) is 0.805. The first-order valence-corrected chi connectivity index (χ1v) is 7.80. The second-order valence-electron chi connectivity index (χ2n) is 5.89. The van der Waals surface area contributed by atoms with Gasteiger partial charge in [-0.2, -0.15) is 0 Å². The minimum absolute atomic E-state index is 0.0920. The summed E-state index contributed by atoms with van der Waals surface area (Å²) in [6, 6.07) is 6.73. The number of para-hydroxylation sites is 1. The van der Waals surface area contributed by atoms with Gasteiger partial charge in [-0.05, 0) is 30.4 Å². The third-order valence-electron chi connectivity index (χ3n) is 4.24. The van der Waals surface area contributed by atoms with E-state index in [2.05, 4.69) is 5.32 Å². The van der Waals surface area contributed by atoms with Gasteiger partial charge in [0.15, 0.2) is 0 Å². The molecule has 120 valence electrons. The Hall–Kier alpha value is -2.04. The number of carbonyl (C=O) groups is 2. The molecule has 2 amide bonds. The summed E-state index contributed by atoms with van der Waals surface area (Å²) >= 11 is 0. The highest BCUT2D eigenvalue weighted by atomic mass is 16.5. The molecule has 5 nitrogen and oxygen atoms in total. The number of benzene rings is 1. The maximum atomic E-state index is 12.1. The van der Waals surface area contributed by atoms with Gasteiger partial charge in [-0.25, -0.2) is 0 Å². The van der Waals surface area contributed by atoms with E-state index in [-0.39, 0.29) is 5.91 Å². The lowest BCUT2D eigenvalue weighted by Gasteiger charge is -2.18. The van der Waals surface area contributed by atoms with Crippen LogP contribution in [0.1, 0.15) is 37.7 Å². The molecular weight excluding hydrogens is 280 g/mol. The molecular formula is C17H24N2O3. The van der Waals surface area contributed by atoms with Gasteiger partial charge in [0.25, 0.3) is 0 Å². The molecule has 0 unspecified atom stereocenters. The van der Waals surface area contributed by atoms with E-state index in [0.717, 1.165) is 18.4 Å². The van der Waals surface area contributed by atoms with Crippen LogP contribution in [0.15, 0.2) is 24.3 Å². The Labute approximate surface area is 131 Å². The number of carbonyl (C=O) groups excluding carboxylic acids is 2. The summed E-state index contributed by atoms with van der Waals surface area (Å²) in [6.45, 7) is 0. The van der Waals surface area contributed by atoms with Crippen LogP contribution in [0.5, 0.6) is 5.75 Å². The molecule has 1 atom stereocenters. The van der Waals surface area contributed by atoms with Gasteiger partial charge in [0.1, 0.15) is 11.8 Å². The van der Waals surface area contributed by atoms with Crippen molar-refractivity contribution < 1.29 is 14.3 Å². The van der Waals surface area contributed by atoms with Crippen LogP contribution in [0.4, 0.5) is 0 Å². The predicted molar refractivity (Wildman–Crippen MR) is 84.4 cm³/mol. The van der Waals surface area contributed by atoms with Crippen LogP contribution in [0, 0.1) is 5.92 Å². The maximum absolute atomic E-state index is 12.1. The number of amides is 2. The van der Waals surface area contributed by atoms with E-state index in [1.165, 1.54) is 12.8 Å². The summed E-state index contributed by atoms with van der Waals surface area (Å²) in [5, 5.41) is 2.77. The van der Waals surface area contributed by atoms with Gasteiger partial charge >= 0.3 is 0 Å². The fraction of sp³-hybridized carbons (Fsp3) is 0.529. The van der Waals surface area contributed by atoms with E-state index < -0.39 is 11.9 Å². The number of hydrogen-bond donors (Lipinski definition) is 2. The molecule has 0 saturated heterocycles. The first-order valence-electron chi connectivity index (χ1n) is 7.80. The maximum Gasteiger partial charge on any atom is 0.240 e. The van der Waals surface area contributed by atoms with Gasteiger partial charge in [-0.3, -0.25) is 9.59 Å². The molecule has 1 fully saturated rings. The highest BCUT2D eigenvalue weighted by molar-refractivity contribution is 5.87. The van der Waals surface area contributed by atoms with Crippen molar-refractivity contribution in [1.29, 1.82) is 0 Å². The normalized spacial score (nSPS) is 16.2. The topological polar surface area (TPSA) is 81.4 Å². The number of methoxy groups -OCH3 is 1. The molecule has 5 heteroatoms. The number of ether oxygens (including phenoxy) is 1. The van der Waals surface area contributed by atoms with E-state index in [1.54, 1.807) is 7.11 Å². The third kappa shape index (κ3) is 4.48. The number of nitrogens with one attached hydrogen (secondary N) is 1. The Bertz CT molecular complexity index is 524. The highest BCUT2D eigenvalue weighted by Crippen LogP contribution is 2.27. The number of hydrogen-bond acceptors (Lipinski definition) is 3. The van der Waals surface area contributed by atoms with E-state index in [4.69, 9.17) is 10.5 Å². The van der Waals surface area contributed by atoms with Crippen LogP contribution >= 0.6 is 0 Å². The van der Waals surface area contributed by atoms with Crippen LogP contribution in [0.2, 0.25) is 0 Å². The Morgan fingerprint density at radius 3 is 2.64 bits per heavy atom. The van der Waals surface area contributed by atoms with Crippen LogP contribution in [0.3, 0.4) is 0 Å². The Morgan fingerprint density at radius 2 is 2.00 bits per heavy atom. The number of nitrogens with two attached hydrogens (primary N) is 1. The summed E-state index contributed by atoms with van der Waals surface area (Å²) in [5.74, 6) is 0.523. The monoisotopic (exact) mass is 304 g/mol. The first kappa shape index (κ1) is 16.3. The summed E-state index contributed by atoms with van der Waals surface area (Å²) in [6.07, 6.45) is 5.41. The van der Waals surface area contributed by atoms with Gasteiger partial charge in [0.2, 0.25) is 11.8 Å². The fourth-order valence-corrected chi connectivity index (χ4v) is 3.04. The van der Waals surface area contributed by atoms with Crippen molar-refractivity contribution in [3.05, 3.63) is 29.8 Å². The second-order valence-corrected chi connectivity index (χ2v) is 5.89. The lowest BCUT2D eigenvalue weighted by molar-refractivity contribution is -0.127. The SMILES string of the molecule is COc1ccccc1C[C@H](NC(=O)CC1CCCC1)C(N)=O. The summed E-state index contributed by atoms with van der Waals surface area (Å²) in [7, 11) is 1.58. The molecule has 0 heterocycles. The minimum atomic E-state index is -0.704. The van der Waals surface area contributed by atoms with Gasteiger partial charge in [-0.1, -0.05) is 31.0 Å². The summed E-state index contributed by atoms with van der Waals surface area (Å²) < 4.78 is 5.27. The molecule has 1 aromatic carbocycles.